The summed E-state index contributed by atoms with van der Waals surface area (Å²) in [5, 5.41) is 0. The molecule has 1 amide bonds. The summed E-state index contributed by atoms with van der Waals surface area (Å²) in [4.78, 5) is 18.8. The lowest BCUT2D eigenvalue weighted by Gasteiger charge is -2.36. The number of amides is 1. The van der Waals surface area contributed by atoms with Gasteiger partial charge in [-0.2, -0.15) is 0 Å². The summed E-state index contributed by atoms with van der Waals surface area (Å²) in [5.41, 5.74) is 2.63. The van der Waals surface area contributed by atoms with Crippen LogP contribution in [0, 0.1) is 0 Å². The normalized spacial score (nSPS) is 18.9. The van der Waals surface area contributed by atoms with Crippen molar-refractivity contribution in [2.75, 3.05) is 49.1 Å². The molecule has 1 aromatic carbocycles. The minimum atomic E-state index is 0.312. The van der Waals surface area contributed by atoms with Crippen molar-refractivity contribution in [2.24, 2.45) is 0 Å². The fraction of sp³-hybridized carbons (Fsp3) is 0.611. The first-order valence-corrected chi connectivity index (χ1v) is 8.65. The van der Waals surface area contributed by atoms with E-state index in [-0.39, 0.29) is 0 Å². The van der Waals surface area contributed by atoms with Crippen LogP contribution in [0.15, 0.2) is 24.3 Å². The van der Waals surface area contributed by atoms with E-state index >= 15 is 0 Å². The molecule has 0 unspecified atom stereocenters. The van der Waals surface area contributed by atoms with Crippen LogP contribution < -0.4 is 9.80 Å². The molecule has 4 heteroatoms. The number of carbonyl (C=O) groups excluding carboxylic acids is 1. The smallest absolute Gasteiger partial charge is 0.222 e. The summed E-state index contributed by atoms with van der Waals surface area (Å²) in [7, 11) is 0. The molecule has 2 aliphatic rings. The largest absolute Gasteiger partial charge is 0.372 e. The van der Waals surface area contributed by atoms with E-state index in [2.05, 4.69) is 41.0 Å². The predicted octanol–water partition coefficient (Wildman–Crippen LogP) is 2.74. The van der Waals surface area contributed by atoms with Crippen LogP contribution in [-0.4, -0.2) is 50.1 Å². The summed E-state index contributed by atoms with van der Waals surface area (Å²) in [6.07, 6.45) is 4.26. The first-order chi connectivity index (χ1) is 10.8. The van der Waals surface area contributed by atoms with Gasteiger partial charge in [-0.05, 0) is 43.5 Å². The number of benzene rings is 1. The zero-order valence-electron chi connectivity index (χ0n) is 13.6. The van der Waals surface area contributed by atoms with Crippen LogP contribution in [0.3, 0.4) is 0 Å². The maximum absolute atomic E-state index is 11.9. The van der Waals surface area contributed by atoms with E-state index in [9.17, 15) is 4.79 Å². The molecule has 0 aliphatic carbocycles. The van der Waals surface area contributed by atoms with Gasteiger partial charge in [-0.15, -0.1) is 0 Å². The molecule has 2 heterocycles. The van der Waals surface area contributed by atoms with Gasteiger partial charge in [-0.1, -0.05) is 6.92 Å². The van der Waals surface area contributed by atoms with Gasteiger partial charge in [0, 0.05) is 57.1 Å². The molecule has 22 heavy (non-hydrogen) atoms. The third-order valence-electron chi connectivity index (χ3n) is 4.78. The summed E-state index contributed by atoms with van der Waals surface area (Å²) < 4.78 is 0. The van der Waals surface area contributed by atoms with Crippen molar-refractivity contribution < 1.29 is 4.79 Å². The van der Waals surface area contributed by atoms with Gasteiger partial charge in [-0.25, -0.2) is 0 Å². The minimum Gasteiger partial charge on any atom is -0.372 e. The first kappa shape index (κ1) is 15.2. The van der Waals surface area contributed by atoms with Crippen LogP contribution >= 0.6 is 0 Å². The lowest BCUT2D eigenvalue weighted by Crippen LogP contribution is -2.48. The Hall–Kier alpha value is -1.71. The molecule has 4 nitrogen and oxygen atoms in total. The second-order valence-electron chi connectivity index (χ2n) is 6.33. The Morgan fingerprint density at radius 1 is 0.864 bits per heavy atom. The maximum atomic E-state index is 11.9. The predicted molar refractivity (Wildman–Crippen MR) is 91.6 cm³/mol. The van der Waals surface area contributed by atoms with Crippen molar-refractivity contribution in [3.8, 4) is 0 Å². The lowest BCUT2D eigenvalue weighted by atomic mass is 10.2. The van der Waals surface area contributed by atoms with Crippen molar-refractivity contribution in [1.29, 1.82) is 0 Å². The zero-order valence-corrected chi connectivity index (χ0v) is 13.6. The molecular formula is C18H27N3O. The van der Waals surface area contributed by atoms with Crippen LogP contribution in [0.4, 0.5) is 11.4 Å². The van der Waals surface area contributed by atoms with Crippen LogP contribution in [0.1, 0.15) is 32.6 Å². The van der Waals surface area contributed by atoms with Gasteiger partial charge >= 0.3 is 0 Å². The molecule has 0 spiro atoms. The first-order valence-electron chi connectivity index (χ1n) is 8.65. The topological polar surface area (TPSA) is 26.8 Å². The summed E-state index contributed by atoms with van der Waals surface area (Å²) in [6, 6.07) is 8.96. The molecule has 0 N–H and O–H groups in total. The monoisotopic (exact) mass is 301 g/mol. The standard InChI is InChI=1S/C18H27N3O/c1-2-5-18(22)21-14-12-20(13-15-21)17-8-6-16(7-9-17)19-10-3-4-11-19/h6-9H,2-5,10-15H2,1H3. The molecule has 3 rings (SSSR count). The maximum Gasteiger partial charge on any atom is 0.222 e. The average molecular weight is 301 g/mol. The fourth-order valence-electron chi connectivity index (χ4n) is 3.44. The molecule has 0 atom stereocenters. The highest BCUT2D eigenvalue weighted by Gasteiger charge is 2.20. The van der Waals surface area contributed by atoms with E-state index < -0.39 is 0 Å². The molecule has 1 aromatic rings. The van der Waals surface area contributed by atoms with Crippen LogP contribution in [0.25, 0.3) is 0 Å². The molecule has 0 saturated carbocycles. The number of piperazine rings is 1. The van der Waals surface area contributed by atoms with Crippen molar-refractivity contribution in [1.82, 2.24) is 4.90 Å². The highest BCUT2D eigenvalue weighted by molar-refractivity contribution is 5.76. The van der Waals surface area contributed by atoms with E-state index in [0.29, 0.717) is 12.3 Å². The third-order valence-corrected chi connectivity index (χ3v) is 4.78. The fourth-order valence-corrected chi connectivity index (χ4v) is 3.44. The number of nitrogens with zero attached hydrogens (tertiary/aromatic N) is 3. The summed E-state index contributed by atoms with van der Waals surface area (Å²) in [5.74, 6) is 0.312. The molecule has 2 saturated heterocycles. The molecule has 2 fully saturated rings. The molecule has 120 valence electrons. The molecule has 2 aliphatic heterocycles. The van der Waals surface area contributed by atoms with Gasteiger partial charge in [0.2, 0.25) is 5.91 Å². The Morgan fingerprint density at radius 2 is 1.36 bits per heavy atom. The van der Waals surface area contributed by atoms with Gasteiger partial charge in [-0.3, -0.25) is 4.79 Å². The van der Waals surface area contributed by atoms with Crippen molar-refractivity contribution in [2.45, 2.75) is 32.6 Å². The average Bonchev–Trinajstić information content (AvgIpc) is 3.10. The molecule has 0 aromatic heterocycles. The third kappa shape index (κ3) is 3.37. The number of carbonyl (C=O) groups is 1. The molecule has 0 radical (unpaired) electrons. The van der Waals surface area contributed by atoms with Crippen molar-refractivity contribution in [3.05, 3.63) is 24.3 Å². The van der Waals surface area contributed by atoms with Crippen LogP contribution in [0.5, 0.6) is 0 Å². The highest BCUT2D eigenvalue weighted by atomic mass is 16.2. The SMILES string of the molecule is CCCC(=O)N1CCN(c2ccc(N3CCCC3)cc2)CC1. The Kier molecular flexibility index (Phi) is 4.86. The van der Waals surface area contributed by atoms with E-state index in [0.717, 1.165) is 32.6 Å². The number of hydrogen-bond acceptors (Lipinski definition) is 3. The van der Waals surface area contributed by atoms with Gasteiger partial charge in [0.05, 0.1) is 0 Å². The van der Waals surface area contributed by atoms with E-state index in [1.165, 1.54) is 37.3 Å². The van der Waals surface area contributed by atoms with Crippen molar-refractivity contribution in [3.63, 3.8) is 0 Å². The van der Waals surface area contributed by atoms with E-state index in [1.54, 1.807) is 0 Å². The van der Waals surface area contributed by atoms with Gasteiger partial charge in [0.15, 0.2) is 0 Å². The molecular weight excluding hydrogens is 274 g/mol. The van der Waals surface area contributed by atoms with E-state index in [1.807, 2.05) is 4.90 Å². The second-order valence-corrected chi connectivity index (χ2v) is 6.33. The number of hydrogen-bond donors (Lipinski definition) is 0. The van der Waals surface area contributed by atoms with Crippen LogP contribution in [0.2, 0.25) is 0 Å². The van der Waals surface area contributed by atoms with Crippen molar-refractivity contribution >= 4 is 17.3 Å². The van der Waals surface area contributed by atoms with Gasteiger partial charge in [0.25, 0.3) is 0 Å². The quantitative estimate of drug-likeness (QED) is 0.855. The van der Waals surface area contributed by atoms with Crippen LogP contribution in [-0.2, 0) is 4.79 Å². The van der Waals surface area contributed by atoms with Gasteiger partial charge in [0.1, 0.15) is 0 Å². The zero-order chi connectivity index (χ0) is 15.4. The summed E-state index contributed by atoms with van der Waals surface area (Å²) >= 11 is 0. The minimum absolute atomic E-state index is 0.312. The Labute approximate surface area is 133 Å². The second kappa shape index (κ2) is 7.03. The highest BCUT2D eigenvalue weighted by Crippen LogP contribution is 2.24. The Morgan fingerprint density at radius 3 is 1.86 bits per heavy atom. The number of anilines is 2. The van der Waals surface area contributed by atoms with Gasteiger partial charge < -0.3 is 14.7 Å². The lowest BCUT2D eigenvalue weighted by molar-refractivity contribution is -0.131. The number of rotatable bonds is 4. The summed E-state index contributed by atoms with van der Waals surface area (Å²) in [6.45, 7) is 8.04. The Balaban J connectivity index is 1.55. The Bertz CT molecular complexity index is 486. The van der Waals surface area contributed by atoms with E-state index in [4.69, 9.17) is 0 Å². The molecule has 0 bridgehead atoms.